The van der Waals surface area contributed by atoms with Crippen LogP contribution < -0.4 is 15.4 Å². The van der Waals surface area contributed by atoms with Gasteiger partial charge in [-0.2, -0.15) is 0 Å². The van der Waals surface area contributed by atoms with Crippen molar-refractivity contribution < 1.29 is 9.53 Å². The van der Waals surface area contributed by atoms with Crippen molar-refractivity contribution in [1.29, 1.82) is 0 Å². The summed E-state index contributed by atoms with van der Waals surface area (Å²) in [4.78, 5) is 22.7. The van der Waals surface area contributed by atoms with Crippen LogP contribution >= 0.6 is 48.8 Å². The molecule has 254 valence electrons. The maximum absolute atomic E-state index is 12.7. The number of hydrogen-bond acceptors (Lipinski definition) is 5. The van der Waals surface area contributed by atoms with Crippen LogP contribution in [0.5, 0.6) is 5.75 Å². The van der Waals surface area contributed by atoms with Crippen molar-refractivity contribution in [2.75, 3.05) is 25.0 Å². The molecule has 3 heterocycles. The molecule has 7 rings (SSSR count). The van der Waals surface area contributed by atoms with E-state index < -0.39 is 0 Å². The van der Waals surface area contributed by atoms with Crippen LogP contribution in [0.15, 0.2) is 66.7 Å². The number of ether oxygens (including phenoxy) is 1. The van der Waals surface area contributed by atoms with Crippen LogP contribution in [0.3, 0.4) is 0 Å². The number of aryl methyl sites for hydroxylation is 2. The number of pyridine rings is 2. The number of benzene rings is 3. The summed E-state index contributed by atoms with van der Waals surface area (Å²) in [6.07, 6.45) is 9.48. The third-order valence-corrected chi connectivity index (χ3v) is 9.29. The first-order valence-electron chi connectivity index (χ1n) is 16.4. The number of unbranched alkanes of at least 4 members (excludes halogenated alkanes) is 1. The molecule has 0 radical (unpaired) electrons. The monoisotopic (exact) mass is 726 g/mol. The zero-order valence-corrected chi connectivity index (χ0v) is 30.1. The largest absolute Gasteiger partial charge is 0.493 e. The molecule has 1 aliphatic carbocycles. The Bertz CT molecular complexity index is 1870. The van der Waals surface area contributed by atoms with Crippen molar-refractivity contribution in [1.82, 2.24) is 15.3 Å². The van der Waals surface area contributed by atoms with Crippen molar-refractivity contribution >= 4 is 82.2 Å². The number of halogens is 4. The van der Waals surface area contributed by atoms with E-state index in [1.54, 1.807) is 0 Å². The van der Waals surface area contributed by atoms with E-state index in [9.17, 15) is 4.79 Å². The van der Waals surface area contributed by atoms with Gasteiger partial charge in [0.25, 0.3) is 0 Å². The minimum atomic E-state index is 0. The van der Waals surface area contributed by atoms with Gasteiger partial charge in [-0.1, -0.05) is 48.0 Å². The smallest absolute Gasteiger partial charge is 0.220 e. The Morgan fingerprint density at radius 2 is 1.58 bits per heavy atom. The molecule has 0 bridgehead atoms. The van der Waals surface area contributed by atoms with E-state index in [1.807, 2.05) is 18.2 Å². The molecule has 2 aromatic heterocycles. The number of carbonyl (C=O) groups is 1. The Morgan fingerprint density at radius 1 is 0.792 bits per heavy atom. The normalized spacial score (nSPS) is 13.2. The second-order valence-corrected chi connectivity index (χ2v) is 12.6. The number of hydrogen-bond donors (Lipinski definition) is 2. The first kappa shape index (κ1) is 37.5. The first-order valence-corrected chi connectivity index (χ1v) is 16.8. The van der Waals surface area contributed by atoms with E-state index in [1.165, 1.54) is 35.3 Å². The van der Waals surface area contributed by atoms with Crippen LogP contribution in [0.4, 0.5) is 5.69 Å². The molecule has 0 saturated carbocycles. The zero-order valence-electron chi connectivity index (χ0n) is 26.9. The molecular formula is C38H42Cl4N4O2. The third-order valence-electron chi connectivity index (χ3n) is 9.06. The average molecular weight is 729 g/mol. The Kier molecular flexibility index (Phi) is 13.6. The van der Waals surface area contributed by atoms with Crippen molar-refractivity contribution in [2.45, 2.75) is 64.2 Å². The lowest BCUT2D eigenvalue weighted by atomic mass is 9.92. The Hall–Kier alpha value is -3.29. The van der Waals surface area contributed by atoms with Crippen LogP contribution in [0.1, 0.15) is 60.9 Å². The summed E-state index contributed by atoms with van der Waals surface area (Å²) in [5, 5.41) is 9.73. The van der Waals surface area contributed by atoms with E-state index in [-0.39, 0.29) is 43.1 Å². The van der Waals surface area contributed by atoms with E-state index >= 15 is 0 Å². The first-order chi connectivity index (χ1) is 22.1. The van der Waals surface area contributed by atoms with Gasteiger partial charge in [0.2, 0.25) is 5.91 Å². The third kappa shape index (κ3) is 8.28. The maximum Gasteiger partial charge on any atom is 0.220 e. The fourth-order valence-corrected chi connectivity index (χ4v) is 6.94. The highest BCUT2D eigenvalue weighted by Crippen LogP contribution is 2.39. The topological polar surface area (TPSA) is 76.1 Å². The molecule has 0 saturated heterocycles. The zero-order chi connectivity index (χ0) is 30.6. The highest BCUT2D eigenvalue weighted by Gasteiger charge is 2.21. The number of aromatic nitrogens is 2. The van der Waals surface area contributed by atoms with Gasteiger partial charge in [-0.15, -0.1) is 37.2 Å². The summed E-state index contributed by atoms with van der Waals surface area (Å²) in [7, 11) is 0. The SMILES string of the molecule is Cl.Cl.Cl.O=C(CCc1ccc2nc(-c3ccccc3)c3c(c2c1)OCCC3)NCCCCNc1c2c(nc3cc(Cl)ccc13)CCCC2. The fourth-order valence-electron chi connectivity index (χ4n) is 6.77. The van der Waals surface area contributed by atoms with Crippen LogP contribution in [0.2, 0.25) is 5.02 Å². The molecular weight excluding hydrogens is 686 g/mol. The van der Waals surface area contributed by atoms with E-state index in [0.29, 0.717) is 19.4 Å². The van der Waals surface area contributed by atoms with E-state index in [4.69, 9.17) is 26.3 Å². The fraction of sp³-hybridized carbons (Fsp3) is 0.342. The van der Waals surface area contributed by atoms with Crippen LogP contribution in [0, 0.1) is 0 Å². The van der Waals surface area contributed by atoms with Gasteiger partial charge in [0.15, 0.2) is 0 Å². The molecule has 0 atom stereocenters. The molecule has 5 aromatic rings. The Labute approximate surface area is 306 Å². The number of fused-ring (bicyclic) bond motifs is 5. The van der Waals surface area contributed by atoms with Crippen molar-refractivity contribution in [2.24, 2.45) is 0 Å². The van der Waals surface area contributed by atoms with Crippen LogP contribution in [-0.2, 0) is 30.5 Å². The lowest BCUT2D eigenvalue weighted by molar-refractivity contribution is -0.121. The van der Waals surface area contributed by atoms with Gasteiger partial charge in [0, 0.05) is 57.8 Å². The summed E-state index contributed by atoms with van der Waals surface area (Å²) < 4.78 is 6.21. The molecule has 48 heavy (non-hydrogen) atoms. The van der Waals surface area contributed by atoms with Crippen LogP contribution in [-0.4, -0.2) is 35.6 Å². The highest BCUT2D eigenvalue weighted by atomic mass is 35.5. The molecule has 10 heteroatoms. The number of rotatable bonds is 10. The number of anilines is 1. The molecule has 6 nitrogen and oxygen atoms in total. The predicted octanol–water partition coefficient (Wildman–Crippen LogP) is 9.51. The number of amides is 1. The van der Waals surface area contributed by atoms with Gasteiger partial charge in [0.1, 0.15) is 5.75 Å². The van der Waals surface area contributed by atoms with Gasteiger partial charge in [-0.25, -0.2) is 4.98 Å². The average Bonchev–Trinajstić information content (AvgIpc) is 3.08. The van der Waals surface area contributed by atoms with E-state index in [0.717, 1.165) is 101 Å². The van der Waals surface area contributed by atoms with Crippen molar-refractivity contribution in [3.63, 3.8) is 0 Å². The summed E-state index contributed by atoms with van der Waals surface area (Å²) in [5.74, 6) is 1.04. The van der Waals surface area contributed by atoms with Crippen molar-refractivity contribution in [3.05, 3.63) is 94.1 Å². The second kappa shape index (κ2) is 17.4. The predicted molar refractivity (Wildman–Crippen MR) is 205 cm³/mol. The Morgan fingerprint density at radius 3 is 2.44 bits per heavy atom. The van der Waals surface area contributed by atoms with Crippen molar-refractivity contribution in [3.8, 4) is 17.0 Å². The van der Waals surface area contributed by atoms with Gasteiger partial charge < -0.3 is 15.4 Å². The summed E-state index contributed by atoms with van der Waals surface area (Å²) in [5.41, 5.74) is 10.1. The summed E-state index contributed by atoms with van der Waals surface area (Å²) in [6, 6.07) is 22.7. The molecule has 3 aromatic carbocycles. The molecule has 1 aliphatic heterocycles. The summed E-state index contributed by atoms with van der Waals surface area (Å²) >= 11 is 6.27. The van der Waals surface area contributed by atoms with Gasteiger partial charge in [0.05, 0.1) is 23.3 Å². The lowest BCUT2D eigenvalue weighted by Gasteiger charge is -2.22. The maximum atomic E-state index is 12.7. The number of nitrogens with zero attached hydrogens (tertiary/aromatic N) is 2. The van der Waals surface area contributed by atoms with Gasteiger partial charge in [-0.05, 0) is 99.2 Å². The molecule has 2 N–H and O–H groups in total. The molecule has 0 spiro atoms. The highest BCUT2D eigenvalue weighted by molar-refractivity contribution is 6.31. The van der Waals surface area contributed by atoms with Gasteiger partial charge >= 0.3 is 0 Å². The lowest BCUT2D eigenvalue weighted by Crippen LogP contribution is -2.25. The molecule has 0 fully saturated rings. The number of carbonyl (C=O) groups excluding carboxylic acids is 1. The second-order valence-electron chi connectivity index (χ2n) is 12.2. The van der Waals surface area contributed by atoms with E-state index in [2.05, 4.69) is 59.2 Å². The molecule has 2 aliphatic rings. The molecule has 0 unspecified atom stereocenters. The minimum Gasteiger partial charge on any atom is -0.493 e. The minimum absolute atomic E-state index is 0. The number of nitrogens with one attached hydrogen (secondary N) is 2. The quantitative estimate of drug-likeness (QED) is 0.140. The standard InChI is InChI=1S/C38H39ClN4O2.3ClH/c39-27-16-17-29-34(24-27)42-32-13-5-4-11-28(32)37(29)41-21-7-6-20-40-35(44)19-15-25-14-18-33-31(23-25)38-30(12-8-22-45-38)36(43-33)26-9-2-1-3-10-26;;;/h1-3,9-10,14,16-18,23-24H,4-8,11-13,15,19-22H2,(H,40,44)(H,41,42);3*1H. The summed E-state index contributed by atoms with van der Waals surface area (Å²) in [6.45, 7) is 2.25. The molecule has 1 amide bonds. The van der Waals surface area contributed by atoms with Gasteiger partial charge in [-0.3, -0.25) is 9.78 Å². The van der Waals surface area contributed by atoms with Crippen LogP contribution in [0.25, 0.3) is 33.1 Å². The Balaban J connectivity index is 0.00000173.